The summed E-state index contributed by atoms with van der Waals surface area (Å²) in [6, 6.07) is 17.8. The van der Waals surface area contributed by atoms with Crippen LogP contribution in [0.1, 0.15) is 120 Å². The highest BCUT2D eigenvalue weighted by atomic mass is 16.6. The molecular weight excluding hydrogens is 945 g/mol. The molecule has 3 aromatic carbocycles. The van der Waals surface area contributed by atoms with Crippen LogP contribution in [0.15, 0.2) is 92.0 Å². The van der Waals surface area contributed by atoms with Gasteiger partial charge in [-0.25, -0.2) is 9.59 Å². The Hall–Kier alpha value is -7.30. The SMILES string of the molecule is C=CC(=O)OCCCCCCOc1ccc(OC(=O)C2CCC(C(=O)Oc3ccc(OC(=O)[C@H]4CC[C@H](C(=O)Oc5ccc(OCCCCCCOC(=O)CCOC(=O)C=C)cc5)CC4)c(C=O)c3)CC2)cc1. The number of benzene rings is 3. The van der Waals surface area contributed by atoms with E-state index in [-0.39, 0.29) is 47.9 Å². The largest absolute Gasteiger partial charge is 0.494 e. The third kappa shape index (κ3) is 20.4. The smallest absolute Gasteiger partial charge is 0.330 e. The first-order valence-corrected chi connectivity index (χ1v) is 25.1. The number of hydrogen-bond acceptors (Lipinski definition) is 17. The number of esters is 7. The minimum Gasteiger partial charge on any atom is -0.494 e. The highest BCUT2D eigenvalue weighted by molar-refractivity contribution is 5.85. The molecule has 0 unspecified atom stereocenters. The van der Waals surface area contributed by atoms with Gasteiger partial charge in [0.05, 0.1) is 62.1 Å². The van der Waals surface area contributed by atoms with Gasteiger partial charge in [0.25, 0.3) is 0 Å². The molecule has 392 valence electrons. The molecule has 0 atom stereocenters. The van der Waals surface area contributed by atoms with E-state index in [2.05, 4.69) is 13.2 Å². The minimum atomic E-state index is -0.583. The molecule has 0 N–H and O–H groups in total. The molecule has 17 heteroatoms. The maximum absolute atomic E-state index is 13.2. The van der Waals surface area contributed by atoms with E-state index in [0.29, 0.717) is 113 Å². The quantitative estimate of drug-likeness (QED) is 0.0152. The molecular formula is C56H66O17. The van der Waals surface area contributed by atoms with E-state index in [4.69, 9.17) is 42.6 Å². The molecule has 17 nitrogen and oxygen atoms in total. The van der Waals surface area contributed by atoms with Gasteiger partial charge in [-0.3, -0.25) is 28.8 Å². The van der Waals surface area contributed by atoms with Gasteiger partial charge in [-0.05, 0) is 169 Å². The van der Waals surface area contributed by atoms with Crippen molar-refractivity contribution < 1.29 is 81.0 Å². The first-order chi connectivity index (χ1) is 35.4. The van der Waals surface area contributed by atoms with Crippen LogP contribution < -0.4 is 28.4 Å². The zero-order valence-electron chi connectivity index (χ0n) is 41.3. The fourth-order valence-electron chi connectivity index (χ4n) is 8.18. The number of carbonyl (C=O) groups excluding carboxylic acids is 8. The van der Waals surface area contributed by atoms with Crippen molar-refractivity contribution in [3.63, 3.8) is 0 Å². The molecule has 0 spiro atoms. The maximum atomic E-state index is 13.2. The van der Waals surface area contributed by atoms with Crippen LogP contribution in [0.5, 0.6) is 34.5 Å². The van der Waals surface area contributed by atoms with Crippen LogP contribution in [0.4, 0.5) is 0 Å². The lowest BCUT2D eigenvalue weighted by molar-refractivity contribution is -0.147. The summed E-state index contributed by atoms with van der Waals surface area (Å²) in [5.74, 6) is -2.71. The number of unbranched alkanes of at least 4 members (excludes halogenated alkanes) is 6. The van der Waals surface area contributed by atoms with Crippen molar-refractivity contribution in [2.75, 3.05) is 33.0 Å². The van der Waals surface area contributed by atoms with E-state index in [1.807, 2.05) is 0 Å². The molecule has 0 radical (unpaired) electrons. The van der Waals surface area contributed by atoms with Gasteiger partial charge in [-0.2, -0.15) is 0 Å². The monoisotopic (exact) mass is 1010 g/mol. The van der Waals surface area contributed by atoms with Crippen LogP contribution >= 0.6 is 0 Å². The summed E-state index contributed by atoms with van der Waals surface area (Å²) in [6.45, 7) is 8.29. The standard InChI is InChI=1S/C56H66O17/c1-3-50(58)67-34-11-7-5-9-32-65-44-21-25-46(26-22-44)70-53(61)39-13-15-41(16-14-39)55(63)72-48-29-30-49(43(37-48)38-57)73-56(64)42-19-17-40(18-20-42)54(62)71-47-27-23-45(24-28-47)66-33-10-6-8-12-35-68-52(60)31-36-69-51(59)4-2/h3-4,21-30,37-42H,1-2,5-20,31-36H2/t39?,40-,41?,42-. The highest BCUT2D eigenvalue weighted by Crippen LogP contribution is 2.35. The Bertz CT molecular complexity index is 2310. The van der Waals surface area contributed by atoms with E-state index in [1.54, 1.807) is 48.5 Å². The molecule has 0 aliphatic heterocycles. The summed E-state index contributed by atoms with van der Waals surface area (Å²) < 4.78 is 48.9. The Kier molecular flexibility index (Phi) is 24.2. The summed E-state index contributed by atoms with van der Waals surface area (Å²) in [4.78, 5) is 98.1. The van der Waals surface area contributed by atoms with Gasteiger partial charge < -0.3 is 42.6 Å². The van der Waals surface area contributed by atoms with Crippen LogP contribution in [-0.2, 0) is 47.8 Å². The zero-order valence-corrected chi connectivity index (χ0v) is 41.3. The Labute approximate surface area is 425 Å². The third-order valence-electron chi connectivity index (χ3n) is 12.4. The van der Waals surface area contributed by atoms with Crippen LogP contribution in [0.3, 0.4) is 0 Å². The Morgan fingerprint density at radius 3 is 1.21 bits per heavy atom. The molecule has 2 aliphatic rings. The predicted molar refractivity (Wildman–Crippen MR) is 264 cm³/mol. The van der Waals surface area contributed by atoms with Crippen molar-refractivity contribution in [3.05, 3.63) is 97.6 Å². The molecule has 5 rings (SSSR count). The average Bonchev–Trinajstić information content (AvgIpc) is 3.41. The van der Waals surface area contributed by atoms with Gasteiger partial charge in [0, 0.05) is 12.2 Å². The van der Waals surface area contributed by atoms with Crippen molar-refractivity contribution in [1.82, 2.24) is 0 Å². The Balaban J connectivity index is 0.924. The van der Waals surface area contributed by atoms with Gasteiger partial charge >= 0.3 is 41.8 Å². The lowest BCUT2D eigenvalue weighted by atomic mass is 9.82. The van der Waals surface area contributed by atoms with Crippen molar-refractivity contribution in [2.24, 2.45) is 23.7 Å². The molecule has 0 heterocycles. The molecule has 0 saturated heterocycles. The van der Waals surface area contributed by atoms with Crippen molar-refractivity contribution in [3.8, 4) is 34.5 Å². The summed E-state index contributed by atoms with van der Waals surface area (Å²) in [5.41, 5.74) is 0.0348. The summed E-state index contributed by atoms with van der Waals surface area (Å²) in [5, 5.41) is 0. The Morgan fingerprint density at radius 2 is 0.781 bits per heavy atom. The lowest BCUT2D eigenvalue weighted by Gasteiger charge is -2.26. The normalized spacial score (nSPS) is 17.1. The van der Waals surface area contributed by atoms with Gasteiger partial charge in [0.2, 0.25) is 0 Å². The van der Waals surface area contributed by atoms with Crippen LogP contribution in [0.25, 0.3) is 0 Å². The first kappa shape index (κ1) is 56.6. The zero-order chi connectivity index (χ0) is 52.2. The van der Waals surface area contributed by atoms with Gasteiger partial charge in [0.15, 0.2) is 6.29 Å². The van der Waals surface area contributed by atoms with Crippen molar-refractivity contribution in [2.45, 2.75) is 109 Å². The minimum absolute atomic E-state index is 0.00320. The predicted octanol–water partition coefficient (Wildman–Crippen LogP) is 9.40. The second-order valence-electron chi connectivity index (χ2n) is 17.8. The molecule has 3 aromatic rings. The number of carbonyl (C=O) groups is 8. The molecule has 73 heavy (non-hydrogen) atoms. The van der Waals surface area contributed by atoms with Crippen LogP contribution in [0.2, 0.25) is 0 Å². The molecule has 2 saturated carbocycles. The number of ether oxygens (including phenoxy) is 9. The number of hydrogen-bond donors (Lipinski definition) is 0. The topological polar surface area (TPSA) is 220 Å². The second-order valence-corrected chi connectivity index (χ2v) is 17.8. The molecule has 0 bridgehead atoms. The second kappa shape index (κ2) is 31.2. The van der Waals surface area contributed by atoms with Gasteiger partial charge in [0.1, 0.15) is 41.1 Å². The first-order valence-electron chi connectivity index (χ1n) is 25.1. The molecule has 2 aliphatic carbocycles. The fraction of sp³-hybridized carbons (Fsp3) is 0.464. The average molecular weight is 1010 g/mol. The summed E-state index contributed by atoms with van der Waals surface area (Å²) in [6.07, 6.45) is 12.7. The maximum Gasteiger partial charge on any atom is 0.330 e. The molecule has 0 aromatic heterocycles. The Morgan fingerprint density at radius 1 is 0.425 bits per heavy atom. The lowest BCUT2D eigenvalue weighted by Crippen LogP contribution is -2.30. The van der Waals surface area contributed by atoms with Crippen LogP contribution in [0, 0.1) is 23.7 Å². The molecule has 2 fully saturated rings. The molecule has 0 amide bonds. The third-order valence-corrected chi connectivity index (χ3v) is 12.4. The van der Waals surface area contributed by atoms with Crippen LogP contribution in [-0.4, -0.2) is 81.1 Å². The number of aldehydes is 1. The van der Waals surface area contributed by atoms with E-state index < -0.39 is 47.6 Å². The highest BCUT2D eigenvalue weighted by Gasteiger charge is 2.34. The summed E-state index contributed by atoms with van der Waals surface area (Å²) >= 11 is 0. The van der Waals surface area contributed by atoms with Gasteiger partial charge in [-0.1, -0.05) is 13.2 Å². The van der Waals surface area contributed by atoms with E-state index in [0.717, 1.165) is 57.1 Å². The number of rotatable bonds is 30. The summed E-state index contributed by atoms with van der Waals surface area (Å²) in [7, 11) is 0. The fourth-order valence-corrected chi connectivity index (χ4v) is 8.18. The van der Waals surface area contributed by atoms with E-state index in [9.17, 15) is 38.4 Å². The van der Waals surface area contributed by atoms with Gasteiger partial charge in [-0.15, -0.1) is 0 Å². The van der Waals surface area contributed by atoms with Crippen molar-refractivity contribution in [1.29, 1.82) is 0 Å². The van der Waals surface area contributed by atoms with E-state index >= 15 is 0 Å². The van der Waals surface area contributed by atoms with Crippen molar-refractivity contribution >= 4 is 48.1 Å². The van der Waals surface area contributed by atoms with E-state index in [1.165, 1.54) is 18.2 Å².